The van der Waals surface area contributed by atoms with Gasteiger partial charge in [-0.05, 0) is 26.9 Å². The molecule has 0 unspecified atom stereocenters. The van der Waals surface area contributed by atoms with Gasteiger partial charge in [0.2, 0.25) is 0 Å². The lowest BCUT2D eigenvalue weighted by Gasteiger charge is -2.01. The molecule has 0 N–H and O–H groups in total. The van der Waals surface area contributed by atoms with Gasteiger partial charge in [-0.15, -0.1) is 0 Å². The molecule has 1 aromatic heterocycles. The SMILES string of the molecule is O=[N+]([O-])c1ccc(Cl)c(Cn2cc(Br)c([N+](=O)[O-])n2)c1. The van der Waals surface area contributed by atoms with Gasteiger partial charge in [0.1, 0.15) is 4.47 Å². The predicted molar refractivity (Wildman–Crippen MR) is 73.8 cm³/mol. The van der Waals surface area contributed by atoms with Crippen molar-refractivity contribution in [2.24, 2.45) is 0 Å². The van der Waals surface area contributed by atoms with E-state index < -0.39 is 9.85 Å². The van der Waals surface area contributed by atoms with Crippen molar-refractivity contribution in [3.63, 3.8) is 0 Å². The van der Waals surface area contributed by atoms with Gasteiger partial charge < -0.3 is 10.1 Å². The Bertz CT molecular complexity index is 703. The van der Waals surface area contributed by atoms with Crippen molar-refractivity contribution >= 4 is 39.0 Å². The van der Waals surface area contributed by atoms with E-state index in [-0.39, 0.29) is 22.5 Å². The molecule has 0 aliphatic carbocycles. The van der Waals surface area contributed by atoms with Gasteiger partial charge >= 0.3 is 5.82 Å². The minimum absolute atomic E-state index is 0.0902. The van der Waals surface area contributed by atoms with E-state index in [9.17, 15) is 20.2 Å². The summed E-state index contributed by atoms with van der Waals surface area (Å²) in [6.45, 7) is 0.0902. The molecule has 8 nitrogen and oxygen atoms in total. The molecule has 1 heterocycles. The normalized spacial score (nSPS) is 10.5. The zero-order valence-electron chi connectivity index (χ0n) is 9.69. The van der Waals surface area contributed by atoms with Crippen LogP contribution in [0.3, 0.4) is 0 Å². The summed E-state index contributed by atoms with van der Waals surface area (Å²) in [4.78, 5) is 20.2. The van der Waals surface area contributed by atoms with Gasteiger partial charge in [-0.2, -0.15) is 4.68 Å². The summed E-state index contributed by atoms with van der Waals surface area (Å²) in [7, 11) is 0. The van der Waals surface area contributed by atoms with E-state index in [1.54, 1.807) is 0 Å². The highest BCUT2D eigenvalue weighted by Gasteiger charge is 2.19. The lowest BCUT2D eigenvalue weighted by atomic mass is 10.2. The third kappa shape index (κ3) is 2.94. The van der Waals surface area contributed by atoms with Gasteiger partial charge in [0.15, 0.2) is 0 Å². The number of aromatic nitrogens is 2. The van der Waals surface area contributed by atoms with Gasteiger partial charge in [0.25, 0.3) is 5.69 Å². The van der Waals surface area contributed by atoms with E-state index in [0.717, 1.165) is 0 Å². The largest absolute Gasteiger partial charge is 0.404 e. The zero-order chi connectivity index (χ0) is 14.9. The van der Waals surface area contributed by atoms with Crippen LogP contribution in [0.1, 0.15) is 5.56 Å². The molecule has 0 amide bonds. The summed E-state index contributed by atoms with van der Waals surface area (Å²) in [5, 5.41) is 25.5. The lowest BCUT2D eigenvalue weighted by Crippen LogP contribution is -2.02. The first-order chi connectivity index (χ1) is 9.38. The number of non-ortho nitro benzene ring substituents is 1. The van der Waals surface area contributed by atoms with Crippen molar-refractivity contribution in [1.82, 2.24) is 9.78 Å². The maximum Gasteiger partial charge on any atom is 0.404 e. The minimum atomic E-state index is -0.629. The van der Waals surface area contributed by atoms with Crippen LogP contribution in [0.5, 0.6) is 0 Å². The second-order valence-corrected chi connectivity index (χ2v) is 5.05. The van der Waals surface area contributed by atoms with Gasteiger partial charge in [-0.1, -0.05) is 11.6 Å². The zero-order valence-corrected chi connectivity index (χ0v) is 12.0. The van der Waals surface area contributed by atoms with E-state index in [1.807, 2.05) is 0 Å². The monoisotopic (exact) mass is 360 g/mol. The van der Waals surface area contributed by atoms with Crippen molar-refractivity contribution in [3.8, 4) is 0 Å². The summed E-state index contributed by atoms with van der Waals surface area (Å²) < 4.78 is 1.51. The molecule has 0 atom stereocenters. The molecule has 1 aromatic carbocycles. The Balaban J connectivity index is 2.34. The Morgan fingerprint density at radius 1 is 1.30 bits per heavy atom. The summed E-state index contributed by atoms with van der Waals surface area (Å²) in [5.41, 5.74) is 0.343. The number of halogens is 2. The second kappa shape index (κ2) is 5.55. The number of nitro benzene ring substituents is 1. The van der Waals surface area contributed by atoms with E-state index >= 15 is 0 Å². The molecular weight excluding hydrogens is 355 g/mol. The Kier molecular flexibility index (Phi) is 4.00. The third-order valence-electron chi connectivity index (χ3n) is 2.44. The van der Waals surface area contributed by atoms with Crippen molar-refractivity contribution in [2.75, 3.05) is 0 Å². The third-order valence-corrected chi connectivity index (χ3v) is 3.37. The van der Waals surface area contributed by atoms with Crippen LogP contribution in [0.25, 0.3) is 0 Å². The summed E-state index contributed by atoms with van der Waals surface area (Å²) >= 11 is 8.97. The molecule has 2 rings (SSSR count). The summed E-state index contributed by atoms with van der Waals surface area (Å²) in [6.07, 6.45) is 1.41. The topological polar surface area (TPSA) is 104 Å². The van der Waals surface area contributed by atoms with Crippen LogP contribution in [-0.2, 0) is 6.54 Å². The Hall–Kier alpha value is -2.00. The molecule has 0 bridgehead atoms. The molecule has 2 aromatic rings. The van der Waals surface area contributed by atoms with Gasteiger partial charge in [-0.25, -0.2) is 0 Å². The Morgan fingerprint density at radius 2 is 2.00 bits per heavy atom. The number of rotatable bonds is 4. The molecule has 0 saturated heterocycles. The second-order valence-electron chi connectivity index (χ2n) is 3.79. The number of nitro groups is 2. The molecule has 0 radical (unpaired) electrons. The first-order valence-corrected chi connectivity index (χ1v) is 6.35. The van der Waals surface area contributed by atoms with Gasteiger partial charge in [0, 0.05) is 22.7 Å². The maximum absolute atomic E-state index is 10.7. The fourth-order valence-corrected chi connectivity index (χ4v) is 2.20. The summed E-state index contributed by atoms with van der Waals surface area (Å²) in [6, 6.07) is 4.00. The maximum atomic E-state index is 10.7. The van der Waals surface area contributed by atoms with Crippen LogP contribution in [0, 0.1) is 20.2 Å². The highest BCUT2D eigenvalue weighted by atomic mass is 79.9. The fourth-order valence-electron chi connectivity index (χ4n) is 1.56. The Morgan fingerprint density at radius 3 is 2.55 bits per heavy atom. The first-order valence-electron chi connectivity index (χ1n) is 5.18. The molecular formula is C10H6BrClN4O4. The average Bonchev–Trinajstić information content (AvgIpc) is 2.73. The van der Waals surface area contributed by atoms with Crippen LogP contribution in [0.2, 0.25) is 5.02 Å². The number of nitrogens with zero attached hydrogens (tertiary/aromatic N) is 4. The van der Waals surface area contributed by atoms with E-state index in [2.05, 4.69) is 21.0 Å². The molecule has 104 valence electrons. The number of hydrogen-bond acceptors (Lipinski definition) is 5. The Labute approximate surface area is 125 Å². The van der Waals surface area contributed by atoms with Gasteiger partial charge in [0.05, 0.1) is 22.8 Å². The smallest absolute Gasteiger partial charge is 0.358 e. The molecule has 20 heavy (non-hydrogen) atoms. The summed E-state index contributed by atoms with van der Waals surface area (Å²) in [5.74, 6) is -0.327. The van der Waals surface area contributed by atoms with E-state index in [0.29, 0.717) is 10.6 Å². The van der Waals surface area contributed by atoms with Crippen molar-refractivity contribution in [3.05, 3.63) is 59.7 Å². The van der Waals surface area contributed by atoms with Crippen LogP contribution < -0.4 is 0 Å². The standard InChI is InChI=1S/C10H6BrClN4O4/c11-8-5-14(13-10(8)16(19)20)4-6-3-7(15(17)18)1-2-9(6)12/h1-3,5H,4H2. The van der Waals surface area contributed by atoms with Crippen molar-refractivity contribution < 1.29 is 9.85 Å². The number of benzene rings is 1. The van der Waals surface area contributed by atoms with Crippen molar-refractivity contribution in [1.29, 1.82) is 0 Å². The van der Waals surface area contributed by atoms with Crippen LogP contribution >= 0.6 is 27.5 Å². The van der Waals surface area contributed by atoms with Crippen LogP contribution in [0.15, 0.2) is 28.9 Å². The highest BCUT2D eigenvalue weighted by molar-refractivity contribution is 9.10. The van der Waals surface area contributed by atoms with Crippen LogP contribution in [-0.4, -0.2) is 19.6 Å². The lowest BCUT2D eigenvalue weighted by molar-refractivity contribution is -0.390. The molecule has 0 aliphatic rings. The van der Waals surface area contributed by atoms with E-state index in [1.165, 1.54) is 29.1 Å². The molecule has 10 heteroatoms. The fraction of sp³-hybridized carbons (Fsp3) is 0.100. The first kappa shape index (κ1) is 14.4. The molecule has 0 aliphatic heterocycles. The molecule has 0 fully saturated rings. The highest BCUT2D eigenvalue weighted by Crippen LogP contribution is 2.26. The minimum Gasteiger partial charge on any atom is -0.358 e. The van der Waals surface area contributed by atoms with Gasteiger partial charge in [-0.3, -0.25) is 10.1 Å². The van der Waals surface area contributed by atoms with Crippen molar-refractivity contribution in [2.45, 2.75) is 6.54 Å². The molecule has 0 saturated carbocycles. The molecule has 0 spiro atoms. The van der Waals surface area contributed by atoms with E-state index in [4.69, 9.17) is 11.6 Å². The average molecular weight is 362 g/mol. The predicted octanol–water partition coefficient (Wildman–Crippen LogP) is 3.16. The van der Waals surface area contributed by atoms with Crippen LogP contribution in [0.4, 0.5) is 11.5 Å². The quantitative estimate of drug-likeness (QED) is 0.614. The number of hydrogen-bond donors (Lipinski definition) is 0.